The Balaban J connectivity index is 1.91. The van der Waals surface area contributed by atoms with Gasteiger partial charge in [-0.2, -0.15) is 10.1 Å². The standard InChI is InChI=1S/C23H36FN7O3S/c1-6-20(32)34-13-18-21(24)22(26-19-11-15(4)28-29-19)27-23(25-18)31(5)17-10-14(3)8-9-16(12-17)30-35(33)7-2/h11,14,16-17,30H,6-10,12-13H2,1-5H3,(H2,25,26,27,28,29). The van der Waals surface area contributed by atoms with Gasteiger partial charge in [-0.3, -0.25) is 9.89 Å². The molecule has 0 saturated heterocycles. The van der Waals surface area contributed by atoms with E-state index >= 15 is 4.39 Å². The lowest BCUT2D eigenvalue weighted by atomic mass is 10.00. The number of halogens is 1. The second-order valence-electron chi connectivity index (χ2n) is 9.08. The molecule has 2 aromatic heterocycles. The average molecular weight is 510 g/mol. The molecule has 12 heteroatoms. The maximum atomic E-state index is 15.3. The summed E-state index contributed by atoms with van der Waals surface area (Å²) in [5.74, 6) is 0.566. The van der Waals surface area contributed by atoms with Crippen molar-refractivity contribution in [3.8, 4) is 0 Å². The number of aromatic nitrogens is 4. The van der Waals surface area contributed by atoms with Crippen molar-refractivity contribution in [2.24, 2.45) is 5.92 Å². The Hall–Kier alpha value is -2.60. The number of aromatic amines is 1. The SMILES string of the molecule is CCC(=O)OCc1nc(N(C)C2CC(C)CCC(NS(=O)CC)C2)nc(Nc2cc(C)[nH]n2)c1F. The van der Waals surface area contributed by atoms with Crippen LogP contribution in [0, 0.1) is 18.7 Å². The Kier molecular flexibility index (Phi) is 9.55. The molecule has 0 aromatic carbocycles. The van der Waals surface area contributed by atoms with Crippen LogP contribution in [-0.2, 0) is 27.1 Å². The fourth-order valence-electron chi connectivity index (χ4n) is 4.14. The average Bonchev–Trinajstić information content (AvgIpc) is 3.16. The first-order valence-electron chi connectivity index (χ1n) is 12.1. The number of carbonyl (C=O) groups is 1. The molecule has 1 aliphatic rings. The summed E-state index contributed by atoms with van der Waals surface area (Å²) in [6.07, 6.45) is 3.80. The van der Waals surface area contributed by atoms with Crippen LogP contribution in [-0.4, -0.2) is 55.2 Å². The number of nitrogens with one attached hydrogen (secondary N) is 3. The topological polar surface area (TPSA) is 125 Å². The van der Waals surface area contributed by atoms with Crippen LogP contribution in [0.4, 0.5) is 22.0 Å². The van der Waals surface area contributed by atoms with Gasteiger partial charge in [0.05, 0.1) is 11.0 Å². The maximum Gasteiger partial charge on any atom is 0.305 e. The largest absolute Gasteiger partial charge is 0.459 e. The molecule has 35 heavy (non-hydrogen) atoms. The summed E-state index contributed by atoms with van der Waals surface area (Å²) >= 11 is 0. The summed E-state index contributed by atoms with van der Waals surface area (Å²) in [6.45, 7) is 7.31. The van der Waals surface area contributed by atoms with Crippen molar-refractivity contribution in [2.45, 2.75) is 78.5 Å². The van der Waals surface area contributed by atoms with E-state index in [0.717, 1.165) is 31.4 Å². The van der Waals surface area contributed by atoms with Gasteiger partial charge in [0.2, 0.25) is 5.95 Å². The Morgan fingerprint density at radius 3 is 2.74 bits per heavy atom. The van der Waals surface area contributed by atoms with E-state index in [9.17, 15) is 9.00 Å². The minimum Gasteiger partial charge on any atom is -0.459 e. The molecule has 1 fully saturated rings. The Morgan fingerprint density at radius 1 is 1.31 bits per heavy atom. The van der Waals surface area contributed by atoms with Crippen LogP contribution < -0.4 is 14.9 Å². The highest BCUT2D eigenvalue weighted by Crippen LogP contribution is 2.30. The number of hydrogen-bond donors (Lipinski definition) is 3. The number of hydrogen-bond acceptors (Lipinski definition) is 8. The van der Waals surface area contributed by atoms with E-state index in [-0.39, 0.29) is 36.6 Å². The minimum atomic E-state index is -1.07. The molecule has 0 aliphatic heterocycles. The molecule has 4 unspecified atom stereocenters. The summed E-state index contributed by atoms with van der Waals surface area (Å²) in [6, 6.07) is 1.89. The third-order valence-electron chi connectivity index (χ3n) is 6.18. The van der Waals surface area contributed by atoms with Gasteiger partial charge in [-0.1, -0.05) is 20.8 Å². The molecule has 194 valence electrons. The van der Waals surface area contributed by atoms with Gasteiger partial charge >= 0.3 is 5.97 Å². The molecule has 3 rings (SSSR count). The van der Waals surface area contributed by atoms with Crippen molar-refractivity contribution in [1.29, 1.82) is 0 Å². The summed E-state index contributed by atoms with van der Waals surface area (Å²) < 4.78 is 35.8. The lowest BCUT2D eigenvalue weighted by Gasteiger charge is -2.31. The van der Waals surface area contributed by atoms with Gasteiger partial charge < -0.3 is 15.0 Å². The van der Waals surface area contributed by atoms with Crippen molar-refractivity contribution in [2.75, 3.05) is 23.0 Å². The number of H-pyrrole nitrogens is 1. The third-order valence-corrected chi connectivity index (χ3v) is 7.30. The van der Waals surface area contributed by atoms with Gasteiger partial charge in [-0.25, -0.2) is 18.3 Å². The van der Waals surface area contributed by atoms with E-state index in [1.165, 1.54) is 0 Å². The van der Waals surface area contributed by atoms with Crippen LogP contribution in [0.15, 0.2) is 6.07 Å². The van der Waals surface area contributed by atoms with Gasteiger partial charge in [0.25, 0.3) is 0 Å². The molecule has 1 saturated carbocycles. The first-order valence-corrected chi connectivity index (χ1v) is 13.4. The molecule has 2 aromatic rings. The van der Waals surface area contributed by atoms with Crippen molar-refractivity contribution in [3.63, 3.8) is 0 Å². The van der Waals surface area contributed by atoms with Crippen LogP contribution >= 0.6 is 0 Å². The predicted molar refractivity (Wildman–Crippen MR) is 134 cm³/mol. The molecule has 4 atom stereocenters. The quantitative estimate of drug-likeness (QED) is 0.328. The molecule has 1 aliphatic carbocycles. The molecule has 2 heterocycles. The minimum absolute atomic E-state index is 0.0122. The van der Waals surface area contributed by atoms with Crippen LogP contribution in [0.2, 0.25) is 0 Å². The normalized spacial score (nSPS) is 21.3. The van der Waals surface area contributed by atoms with Crippen LogP contribution in [0.5, 0.6) is 0 Å². The highest BCUT2D eigenvalue weighted by molar-refractivity contribution is 7.82. The lowest BCUT2D eigenvalue weighted by molar-refractivity contribution is -0.144. The maximum absolute atomic E-state index is 15.3. The number of aryl methyl sites for hydroxylation is 1. The Bertz CT molecular complexity index is 1030. The van der Waals surface area contributed by atoms with Crippen molar-refractivity contribution >= 4 is 34.5 Å². The zero-order valence-corrected chi connectivity index (χ0v) is 21.9. The Labute approximate surface area is 208 Å². The van der Waals surface area contributed by atoms with E-state index in [0.29, 0.717) is 23.4 Å². The van der Waals surface area contributed by atoms with Crippen molar-refractivity contribution in [3.05, 3.63) is 23.3 Å². The zero-order valence-electron chi connectivity index (χ0n) is 21.1. The molecule has 0 bridgehead atoms. The highest BCUT2D eigenvalue weighted by Gasteiger charge is 2.29. The molecular formula is C23H36FN7O3S. The fraction of sp³-hybridized carbons (Fsp3) is 0.652. The van der Waals surface area contributed by atoms with Gasteiger partial charge in [0, 0.05) is 43.1 Å². The van der Waals surface area contributed by atoms with Crippen molar-refractivity contribution < 1.29 is 18.1 Å². The molecule has 0 spiro atoms. The van der Waals surface area contributed by atoms with E-state index in [2.05, 4.69) is 37.1 Å². The Morgan fingerprint density at radius 2 is 2.09 bits per heavy atom. The van der Waals surface area contributed by atoms with Gasteiger partial charge in [-0.15, -0.1) is 0 Å². The molecule has 0 radical (unpaired) electrons. The number of nitrogens with zero attached hydrogens (tertiary/aromatic N) is 4. The summed E-state index contributed by atoms with van der Waals surface area (Å²) in [5, 5.41) is 9.82. The van der Waals surface area contributed by atoms with E-state index in [4.69, 9.17) is 4.74 Å². The summed E-state index contributed by atoms with van der Waals surface area (Å²) in [7, 11) is 0.810. The number of esters is 1. The molecule has 0 amide bonds. The highest BCUT2D eigenvalue weighted by atomic mass is 32.2. The third kappa shape index (κ3) is 7.44. The predicted octanol–water partition coefficient (Wildman–Crippen LogP) is 3.50. The van der Waals surface area contributed by atoms with Crippen molar-refractivity contribution in [1.82, 2.24) is 24.9 Å². The van der Waals surface area contributed by atoms with Gasteiger partial charge in [0.1, 0.15) is 12.3 Å². The first-order chi connectivity index (χ1) is 16.7. The van der Waals surface area contributed by atoms with Gasteiger partial charge in [0.15, 0.2) is 17.5 Å². The first kappa shape index (κ1) is 27.0. The number of rotatable bonds is 10. The second-order valence-corrected chi connectivity index (χ2v) is 10.6. The van der Waals surface area contributed by atoms with E-state index in [1.54, 1.807) is 13.0 Å². The molecule has 10 nitrogen and oxygen atoms in total. The van der Waals surface area contributed by atoms with E-state index in [1.807, 2.05) is 25.8 Å². The van der Waals surface area contributed by atoms with Crippen LogP contribution in [0.1, 0.15) is 64.3 Å². The summed E-state index contributed by atoms with van der Waals surface area (Å²) in [5.41, 5.74) is 0.800. The second kappa shape index (κ2) is 12.4. The monoisotopic (exact) mass is 509 g/mol. The van der Waals surface area contributed by atoms with Crippen LogP contribution in [0.25, 0.3) is 0 Å². The van der Waals surface area contributed by atoms with E-state index < -0.39 is 22.8 Å². The molecular weight excluding hydrogens is 473 g/mol. The van der Waals surface area contributed by atoms with Crippen LogP contribution in [0.3, 0.4) is 0 Å². The number of anilines is 3. The smallest absolute Gasteiger partial charge is 0.305 e. The van der Waals surface area contributed by atoms with Gasteiger partial charge in [-0.05, 0) is 38.5 Å². The zero-order chi connectivity index (χ0) is 25.5. The lowest BCUT2D eigenvalue weighted by Crippen LogP contribution is -2.40. The molecule has 3 N–H and O–H groups in total. The fourth-order valence-corrected chi connectivity index (χ4v) is 4.89. The number of ether oxygens (including phenoxy) is 1. The summed E-state index contributed by atoms with van der Waals surface area (Å²) in [4.78, 5) is 22.6. The number of carbonyl (C=O) groups excluding carboxylic acids is 1.